The van der Waals surface area contributed by atoms with Crippen LogP contribution in [0.15, 0.2) is 42.0 Å². The van der Waals surface area contributed by atoms with E-state index < -0.39 is 49.1 Å². The molecule has 1 saturated carbocycles. The molecule has 38 heavy (non-hydrogen) atoms. The Bertz CT molecular complexity index is 1110. The molecule has 4 rings (SSSR count). The van der Waals surface area contributed by atoms with Crippen LogP contribution in [0.25, 0.3) is 0 Å². The molecule has 0 unspecified atom stereocenters. The normalized spacial score (nSPS) is 25.3. The molecule has 204 valence electrons. The van der Waals surface area contributed by atoms with Crippen LogP contribution in [0.3, 0.4) is 0 Å². The number of hydrogen-bond donors (Lipinski definition) is 3. The molecular formula is C26H33BF2N4O5. The van der Waals surface area contributed by atoms with Crippen molar-refractivity contribution in [1.82, 2.24) is 15.1 Å². The Balaban J connectivity index is 1.38. The largest absolute Gasteiger partial charge is 0.475 e. The van der Waals surface area contributed by atoms with E-state index in [1.165, 1.54) is 11.0 Å². The van der Waals surface area contributed by atoms with Crippen molar-refractivity contribution < 1.29 is 33.2 Å². The van der Waals surface area contributed by atoms with E-state index in [0.717, 1.165) is 12.0 Å². The highest BCUT2D eigenvalue weighted by atomic mass is 19.3. The van der Waals surface area contributed by atoms with E-state index in [9.17, 15) is 33.7 Å². The maximum atomic E-state index is 13.8. The Morgan fingerprint density at radius 2 is 2.05 bits per heavy atom. The van der Waals surface area contributed by atoms with Gasteiger partial charge in [0.25, 0.3) is 11.8 Å². The molecule has 4 atom stereocenters. The number of fused-ring (bicyclic) bond motifs is 1. The maximum Gasteiger partial charge on any atom is 0.475 e. The third-order valence-electron chi connectivity index (χ3n) is 7.74. The van der Waals surface area contributed by atoms with Crippen LogP contribution >= 0.6 is 0 Å². The molecule has 2 amide bonds. The molecule has 2 heterocycles. The minimum Gasteiger partial charge on any atom is -0.447 e. The molecular weight excluding hydrogens is 497 g/mol. The number of alkyl halides is 2. The lowest BCUT2D eigenvalue weighted by Gasteiger charge is -2.33. The SMILES string of the molecule is CC(C)(/C=C(\C#N)C(=O)N1C[C@@H]2C[C@@H]2[C@@H]1COC(=O)N[C@@H](Cc1ccccc1)B(O)O)N1CCC(F)(F)C1. The number of likely N-dealkylation sites (tertiary alicyclic amines) is 2. The molecule has 12 heteroatoms. The molecule has 0 aromatic heterocycles. The average molecular weight is 530 g/mol. The van der Waals surface area contributed by atoms with Gasteiger partial charge in [-0.25, -0.2) is 13.6 Å². The van der Waals surface area contributed by atoms with Crippen molar-refractivity contribution in [3.8, 4) is 6.07 Å². The number of amides is 2. The molecule has 1 aliphatic carbocycles. The predicted octanol–water partition coefficient (Wildman–Crippen LogP) is 1.75. The highest BCUT2D eigenvalue weighted by Crippen LogP contribution is 2.50. The van der Waals surface area contributed by atoms with Gasteiger partial charge in [0.2, 0.25) is 0 Å². The van der Waals surface area contributed by atoms with Crippen molar-refractivity contribution in [1.29, 1.82) is 5.26 Å². The molecule has 2 saturated heterocycles. The number of halogens is 2. The first kappa shape index (κ1) is 28.0. The van der Waals surface area contributed by atoms with E-state index in [0.29, 0.717) is 6.54 Å². The highest BCUT2D eigenvalue weighted by molar-refractivity contribution is 6.43. The molecule has 1 aromatic carbocycles. The number of ether oxygens (including phenoxy) is 1. The zero-order valence-electron chi connectivity index (χ0n) is 21.5. The zero-order valence-corrected chi connectivity index (χ0v) is 21.5. The van der Waals surface area contributed by atoms with Crippen molar-refractivity contribution in [3.05, 3.63) is 47.5 Å². The summed E-state index contributed by atoms with van der Waals surface area (Å²) in [5.74, 6) is -3.91. The van der Waals surface area contributed by atoms with Crippen LogP contribution in [0.4, 0.5) is 13.6 Å². The van der Waals surface area contributed by atoms with Gasteiger partial charge in [0.05, 0.1) is 18.5 Å². The number of carbonyl (C=O) groups is 2. The second-order valence-electron chi connectivity index (χ2n) is 11.0. The molecule has 1 aromatic rings. The van der Waals surface area contributed by atoms with Crippen molar-refractivity contribution in [3.63, 3.8) is 0 Å². The van der Waals surface area contributed by atoms with Gasteiger partial charge in [-0.15, -0.1) is 0 Å². The van der Waals surface area contributed by atoms with E-state index in [-0.39, 0.29) is 43.4 Å². The van der Waals surface area contributed by atoms with Crippen molar-refractivity contribution in [2.24, 2.45) is 11.8 Å². The van der Waals surface area contributed by atoms with Crippen molar-refractivity contribution >= 4 is 19.1 Å². The first-order valence-corrected chi connectivity index (χ1v) is 12.8. The van der Waals surface area contributed by atoms with Gasteiger partial charge in [0, 0.05) is 25.0 Å². The lowest BCUT2D eigenvalue weighted by molar-refractivity contribution is -0.129. The van der Waals surface area contributed by atoms with Gasteiger partial charge < -0.3 is 25.0 Å². The number of carbonyl (C=O) groups excluding carboxylic acids is 2. The van der Waals surface area contributed by atoms with Crippen LogP contribution in [0.1, 0.15) is 32.3 Å². The Labute approximate surface area is 221 Å². The summed E-state index contributed by atoms with van der Waals surface area (Å²) in [6, 6.07) is 10.5. The Hall–Kier alpha value is -3.01. The summed E-state index contributed by atoms with van der Waals surface area (Å²) in [5.41, 5.74) is -0.253. The Morgan fingerprint density at radius 1 is 1.34 bits per heavy atom. The second kappa shape index (κ2) is 11.0. The molecule has 0 spiro atoms. The van der Waals surface area contributed by atoms with Crippen LogP contribution < -0.4 is 5.32 Å². The fourth-order valence-electron chi connectivity index (χ4n) is 5.44. The standard InChI is InChI=1S/C26H33BF2N4O5/c1-25(2,32-9-8-26(28,29)16-32)12-19(13-30)23(34)33-14-18-11-20(18)21(33)15-38-24(35)31-22(27(36)37)10-17-6-4-3-5-7-17/h3-7,12,18,20-22,36-37H,8-11,14-16H2,1-2H3,(H,31,35)/b19-12+/t18-,20-,21-,22-/m0/s1. The van der Waals surface area contributed by atoms with Crippen LogP contribution in [-0.2, 0) is 16.0 Å². The summed E-state index contributed by atoms with van der Waals surface area (Å²) in [7, 11) is -1.80. The summed E-state index contributed by atoms with van der Waals surface area (Å²) >= 11 is 0. The van der Waals surface area contributed by atoms with Crippen LogP contribution in [-0.4, -0.2) is 88.7 Å². The number of benzene rings is 1. The number of hydrogen-bond acceptors (Lipinski definition) is 7. The predicted molar refractivity (Wildman–Crippen MR) is 135 cm³/mol. The first-order valence-electron chi connectivity index (χ1n) is 12.8. The zero-order chi connectivity index (χ0) is 27.7. The minimum absolute atomic E-state index is 0.112. The average Bonchev–Trinajstić information content (AvgIpc) is 3.39. The van der Waals surface area contributed by atoms with E-state index in [1.807, 2.05) is 12.1 Å². The Morgan fingerprint density at radius 3 is 2.66 bits per heavy atom. The smallest absolute Gasteiger partial charge is 0.447 e. The summed E-state index contributed by atoms with van der Waals surface area (Å²) in [6.45, 7) is 3.44. The summed E-state index contributed by atoms with van der Waals surface area (Å²) in [4.78, 5) is 28.9. The van der Waals surface area contributed by atoms with Gasteiger partial charge in [-0.2, -0.15) is 5.26 Å². The van der Waals surface area contributed by atoms with Crippen molar-refractivity contribution in [2.45, 2.75) is 56.6 Å². The summed E-state index contributed by atoms with van der Waals surface area (Å²) in [6.07, 6.45) is 1.40. The van der Waals surface area contributed by atoms with Gasteiger partial charge >= 0.3 is 13.2 Å². The quantitative estimate of drug-likeness (QED) is 0.252. The van der Waals surface area contributed by atoms with Gasteiger partial charge in [0.1, 0.15) is 18.2 Å². The van der Waals surface area contributed by atoms with Gasteiger partial charge in [-0.05, 0) is 50.2 Å². The first-order chi connectivity index (χ1) is 17.9. The van der Waals surface area contributed by atoms with Crippen LogP contribution in [0.5, 0.6) is 0 Å². The number of alkyl carbamates (subject to hydrolysis) is 1. The number of nitrogens with one attached hydrogen (secondary N) is 1. The molecule has 3 N–H and O–H groups in total. The molecule has 9 nitrogen and oxygen atoms in total. The maximum absolute atomic E-state index is 13.8. The molecule has 3 fully saturated rings. The molecule has 3 aliphatic rings. The monoisotopic (exact) mass is 530 g/mol. The lowest BCUT2D eigenvalue weighted by Crippen LogP contribution is -2.49. The highest BCUT2D eigenvalue weighted by Gasteiger charge is 2.55. The summed E-state index contributed by atoms with van der Waals surface area (Å²) in [5, 5.41) is 31.6. The van der Waals surface area contributed by atoms with Crippen LogP contribution in [0.2, 0.25) is 0 Å². The van der Waals surface area contributed by atoms with Gasteiger partial charge in [0.15, 0.2) is 0 Å². The fraction of sp³-hybridized carbons (Fsp3) is 0.577. The van der Waals surface area contributed by atoms with Gasteiger partial charge in [-0.1, -0.05) is 30.3 Å². The third kappa shape index (κ3) is 6.52. The van der Waals surface area contributed by atoms with E-state index >= 15 is 0 Å². The number of rotatable bonds is 9. The lowest BCUT2D eigenvalue weighted by atomic mass is 9.76. The van der Waals surface area contributed by atoms with Gasteiger partial charge in [-0.3, -0.25) is 9.69 Å². The fourth-order valence-corrected chi connectivity index (χ4v) is 5.44. The summed E-state index contributed by atoms with van der Waals surface area (Å²) < 4.78 is 32.9. The number of nitriles is 1. The molecule has 0 radical (unpaired) electrons. The number of piperidine rings is 1. The Kier molecular flexibility index (Phi) is 8.11. The third-order valence-corrected chi connectivity index (χ3v) is 7.74. The number of nitrogens with zero attached hydrogens (tertiary/aromatic N) is 3. The van der Waals surface area contributed by atoms with E-state index in [2.05, 4.69) is 5.32 Å². The molecule has 0 bridgehead atoms. The van der Waals surface area contributed by atoms with Crippen molar-refractivity contribution in [2.75, 3.05) is 26.2 Å². The van der Waals surface area contributed by atoms with E-state index in [4.69, 9.17) is 4.74 Å². The topological polar surface area (TPSA) is 126 Å². The second-order valence-corrected chi connectivity index (χ2v) is 11.0. The van der Waals surface area contributed by atoms with E-state index in [1.54, 1.807) is 43.0 Å². The molecule has 2 aliphatic heterocycles. The minimum atomic E-state index is -2.80. The van der Waals surface area contributed by atoms with Crippen LogP contribution in [0, 0.1) is 23.2 Å².